The maximum absolute atomic E-state index is 5.40. The van der Waals surface area contributed by atoms with E-state index < -0.39 is 0 Å². The molecule has 0 heterocycles. The van der Waals surface area contributed by atoms with E-state index in [1.165, 1.54) is 12.0 Å². The van der Waals surface area contributed by atoms with Crippen molar-refractivity contribution >= 4 is 0 Å². The third-order valence-electron chi connectivity index (χ3n) is 3.78. The summed E-state index contributed by atoms with van der Waals surface area (Å²) in [6, 6.07) is 6.25. The van der Waals surface area contributed by atoms with Gasteiger partial charge in [-0.2, -0.15) is 0 Å². The Balaban J connectivity index is 3.00. The van der Waals surface area contributed by atoms with Gasteiger partial charge in [-0.15, -0.1) is 0 Å². The van der Waals surface area contributed by atoms with Crippen LogP contribution in [0.2, 0.25) is 0 Å². The van der Waals surface area contributed by atoms with Gasteiger partial charge in [-0.1, -0.05) is 33.3 Å². The summed E-state index contributed by atoms with van der Waals surface area (Å²) in [6.45, 7) is 8.69. The molecule has 0 saturated heterocycles. The lowest BCUT2D eigenvalue weighted by Crippen LogP contribution is -2.25. The van der Waals surface area contributed by atoms with Crippen molar-refractivity contribution in [3.8, 4) is 11.5 Å². The first-order chi connectivity index (χ1) is 9.17. The summed E-state index contributed by atoms with van der Waals surface area (Å²) in [7, 11) is 3.35. The average molecular weight is 265 g/mol. The molecule has 0 aliphatic carbocycles. The minimum Gasteiger partial charge on any atom is -0.493 e. The van der Waals surface area contributed by atoms with E-state index >= 15 is 0 Å². The molecule has 0 bridgehead atoms. The second kappa shape index (κ2) is 8.05. The van der Waals surface area contributed by atoms with Gasteiger partial charge in [0.25, 0.3) is 0 Å². The molecule has 3 heteroatoms. The van der Waals surface area contributed by atoms with Crippen molar-refractivity contribution in [2.45, 2.75) is 33.1 Å². The van der Waals surface area contributed by atoms with Crippen LogP contribution in [0.15, 0.2) is 18.2 Å². The van der Waals surface area contributed by atoms with Gasteiger partial charge in [0.2, 0.25) is 0 Å². The van der Waals surface area contributed by atoms with E-state index in [-0.39, 0.29) is 0 Å². The zero-order valence-electron chi connectivity index (χ0n) is 12.8. The monoisotopic (exact) mass is 265 g/mol. The van der Waals surface area contributed by atoms with Gasteiger partial charge in [0.1, 0.15) is 0 Å². The first-order valence-electron chi connectivity index (χ1n) is 7.10. The van der Waals surface area contributed by atoms with Gasteiger partial charge in [-0.25, -0.2) is 0 Å². The summed E-state index contributed by atoms with van der Waals surface area (Å²) >= 11 is 0. The Morgan fingerprint density at radius 2 is 1.79 bits per heavy atom. The third kappa shape index (κ3) is 4.13. The average Bonchev–Trinajstić information content (AvgIpc) is 2.46. The lowest BCUT2D eigenvalue weighted by atomic mass is 9.85. The molecule has 1 rings (SSSR count). The molecule has 19 heavy (non-hydrogen) atoms. The maximum atomic E-state index is 5.40. The molecule has 0 amide bonds. The molecular formula is C16H27NO2. The number of rotatable bonds is 8. The number of hydrogen-bond donors (Lipinski definition) is 1. The van der Waals surface area contributed by atoms with E-state index in [1.54, 1.807) is 14.2 Å². The molecule has 2 atom stereocenters. The Kier molecular flexibility index (Phi) is 6.71. The zero-order valence-corrected chi connectivity index (χ0v) is 12.8. The van der Waals surface area contributed by atoms with E-state index in [0.29, 0.717) is 11.8 Å². The Morgan fingerprint density at radius 3 is 2.32 bits per heavy atom. The first kappa shape index (κ1) is 15.8. The minimum atomic E-state index is 0.504. The van der Waals surface area contributed by atoms with E-state index in [4.69, 9.17) is 9.47 Å². The number of nitrogens with one attached hydrogen (secondary N) is 1. The van der Waals surface area contributed by atoms with Gasteiger partial charge in [-0.05, 0) is 36.1 Å². The van der Waals surface area contributed by atoms with Crippen LogP contribution in [0, 0.1) is 5.92 Å². The number of methoxy groups -OCH3 is 2. The van der Waals surface area contributed by atoms with Crippen molar-refractivity contribution in [2.75, 3.05) is 27.3 Å². The van der Waals surface area contributed by atoms with E-state index in [9.17, 15) is 0 Å². The highest BCUT2D eigenvalue weighted by Gasteiger charge is 2.19. The van der Waals surface area contributed by atoms with Crippen LogP contribution in [0.5, 0.6) is 11.5 Å². The molecule has 0 aliphatic rings. The van der Waals surface area contributed by atoms with Crippen molar-refractivity contribution in [3.05, 3.63) is 23.8 Å². The third-order valence-corrected chi connectivity index (χ3v) is 3.78. The van der Waals surface area contributed by atoms with Gasteiger partial charge in [0.05, 0.1) is 14.2 Å². The number of ether oxygens (including phenoxy) is 2. The molecule has 1 aromatic rings. The topological polar surface area (TPSA) is 30.5 Å². The second-order valence-corrected chi connectivity index (χ2v) is 4.91. The SMILES string of the molecule is CCNCC(c1ccc(OC)c(OC)c1)C(C)CC. The van der Waals surface area contributed by atoms with E-state index in [1.807, 2.05) is 6.07 Å². The fourth-order valence-corrected chi connectivity index (χ4v) is 2.32. The predicted octanol–water partition coefficient (Wildman–Crippen LogP) is 3.44. The highest BCUT2D eigenvalue weighted by Crippen LogP contribution is 2.34. The maximum Gasteiger partial charge on any atom is 0.160 e. The predicted molar refractivity (Wildman–Crippen MR) is 80.3 cm³/mol. The normalized spacial score (nSPS) is 13.9. The quantitative estimate of drug-likeness (QED) is 0.781. The molecule has 0 aliphatic heterocycles. The molecule has 0 spiro atoms. The molecule has 0 fully saturated rings. The van der Waals surface area contributed by atoms with Gasteiger partial charge in [-0.3, -0.25) is 0 Å². The smallest absolute Gasteiger partial charge is 0.160 e. The summed E-state index contributed by atoms with van der Waals surface area (Å²) in [5, 5.41) is 3.46. The van der Waals surface area contributed by atoms with Crippen molar-refractivity contribution < 1.29 is 9.47 Å². The van der Waals surface area contributed by atoms with Crippen LogP contribution >= 0.6 is 0 Å². The fourth-order valence-electron chi connectivity index (χ4n) is 2.32. The number of benzene rings is 1. The minimum absolute atomic E-state index is 0.504. The van der Waals surface area contributed by atoms with Gasteiger partial charge < -0.3 is 14.8 Å². The van der Waals surface area contributed by atoms with Gasteiger partial charge in [0.15, 0.2) is 11.5 Å². The Hall–Kier alpha value is -1.22. The summed E-state index contributed by atoms with van der Waals surface area (Å²) in [5.74, 6) is 2.74. The van der Waals surface area contributed by atoms with E-state index in [0.717, 1.165) is 24.6 Å². The largest absolute Gasteiger partial charge is 0.493 e. The Bertz CT molecular complexity index is 379. The Labute approximate surface area is 117 Å². The van der Waals surface area contributed by atoms with E-state index in [2.05, 4.69) is 38.2 Å². The highest BCUT2D eigenvalue weighted by molar-refractivity contribution is 5.44. The molecule has 0 aromatic heterocycles. The number of hydrogen-bond acceptors (Lipinski definition) is 3. The van der Waals surface area contributed by atoms with Gasteiger partial charge in [0, 0.05) is 6.54 Å². The molecular weight excluding hydrogens is 238 g/mol. The fraction of sp³-hybridized carbons (Fsp3) is 0.625. The molecule has 0 saturated carbocycles. The van der Waals surface area contributed by atoms with Crippen LogP contribution in [-0.4, -0.2) is 27.3 Å². The molecule has 3 nitrogen and oxygen atoms in total. The van der Waals surface area contributed by atoms with Crippen LogP contribution in [0.25, 0.3) is 0 Å². The van der Waals surface area contributed by atoms with Crippen LogP contribution in [0.4, 0.5) is 0 Å². The lowest BCUT2D eigenvalue weighted by molar-refractivity contribution is 0.352. The van der Waals surface area contributed by atoms with Crippen molar-refractivity contribution in [1.29, 1.82) is 0 Å². The molecule has 108 valence electrons. The van der Waals surface area contributed by atoms with Crippen LogP contribution in [0.1, 0.15) is 38.7 Å². The van der Waals surface area contributed by atoms with Crippen molar-refractivity contribution in [2.24, 2.45) is 5.92 Å². The number of likely N-dealkylation sites (N-methyl/N-ethyl adjacent to an activating group) is 1. The molecule has 1 N–H and O–H groups in total. The van der Waals surface area contributed by atoms with Crippen LogP contribution in [-0.2, 0) is 0 Å². The highest BCUT2D eigenvalue weighted by atomic mass is 16.5. The van der Waals surface area contributed by atoms with Crippen molar-refractivity contribution in [1.82, 2.24) is 5.32 Å². The summed E-state index contributed by atoms with van der Waals surface area (Å²) in [5.41, 5.74) is 1.31. The zero-order chi connectivity index (χ0) is 14.3. The van der Waals surface area contributed by atoms with Crippen molar-refractivity contribution in [3.63, 3.8) is 0 Å². The molecule has 0 radical (unpaired) electrons. The lowest BCUT2D eigenvalue weighted by Gasteiger charge is -2.24. The molecule has 1 aromatic carbocycles. The summed E-state index contributed by atoms with van der Waals surface area (Å²) < 4.78 is 10.7. The Morgan fingerprint density at radius 1 is 1.11 bits per heavy atom. The first-order valence-corrected chi connectivity index (χ1v) is 7.10. The summed E-state index contributed by atoms with van der Waals surface area (Å²) in [6.07, 6.45) is 1.17. The molecule has 2 unspecified atom stereocenters. The standard InChI is InChI=1S/C16H27NO2/c1-6-12(3)14(11-17-7-2)13-8-9-15(18-4)16(10-13)19-5/h8-10,12,14,17H,6-7,11H2,1-5H3. The second-order valence-electron chi connectivity index (χ2n) is 4.91. The van der Waals surface area contributed by atoms with Gasteiger partial charge >= 0.3 is 0 Å². The summed E-state index contributed by atoms with van der Waals surface area (Å²) in [4.78, 5) is 0. The van der Waals surface area contributed by atoms with Crippen LogP contribution in [0.3, 0.4) is 0 Å². The van der Waals surface area contributed by atoms with Crippen LogP contribution < -0.4 is 14.8 Å².